The fourth-order valence-electron chi connectivity index (χ4n) is 3.10. The van der Waals surface area contributed by atoms with Gasteiger partial charge in [0.05, 0.1) is 13.7 Å². The topological polar surface area (TPSA) is 67.9 Å². The van der Waals surface area contributed by atoms with Gasteiger partial charge in [0, 0.05) is 30.8 Å². The summed E-state index contributed by atoms with van der Waals surface area (Å²) in [7, 11) is 1.59. The first-order valence-corrected chi connectivity index (χ1v) is 9.10. The van der Waals surface area contributed by atoms with Crippen molar-refractivity contribution >= 4 is 17.5 Å². The van der Waals surface area contributed by atoms with E-state index >= 15 is 0 Å². The predicted molar refractivity (Wildman–Crippen MR) is 103 cm³/mol. The summed E-state index contributed by atoms with van der Waals surface area (Å²) in [4.78, 5) is 25.9. The summed E-state index contributed by atoms with van der Waals surface area (Å²) < 4.78 is 10.8. The molecule has 0 saturated carbocycles. The van der Waals surface area contributed by atoms with Crippen LogP contribution in [0.15, 0.2) is 42.5 Å². The van der Waals surface area contributed by atoms with Gasteiger partial charge in [-0.3, -0.25) is 9.59 Å². The number of ether oxygens (including phenoxy) is 2. The minimum absolute atomic E-state index is 0.136. The smallest absolute Gasteiger partial charge is 0.251 e. The van der Waals surface area contributed by atoms with E-state index in [2.05, 4.69) is 5.32 Å². The molecule has 27 heavy (non-hydrogen) atoms. The van der Waals surface area contributed by atoms with E-state index in [0.717, 1.165) is 24.2 Å². The van der Waals surface area contributed by atoms with Gasteiger partial charge in [0.1, 0.15) is 0 Å². The molecule has 1 aliphatic rings. The van der Waals surface area contributed by atoms with E-state index in [1.165, 1.54) is 0 Å². The summed E-state index contributed by atoms with van der Waals surface area (Å²) in [6, 6.07) is 12.7. The van der Waals surface area contributed by atoms with Crippen molar-refractivity contribution in [1.29, 1.82) is 0 Å². The van der Waals surface area contributed by atoms with Crippen LogP contribution in [0.1, 0.15) is 35.7 Å². The molecule has 0 atom stereocenters. The first-order valence-electron chi connectivity index (χ1n) is 9.10. The molecule has 0 aliphatic carbocycles. The van der Waals surface area contributed by atoms with Gasteiger partial charge < -0.3 is 19.7 Å². The number of hydrogen-bond donors (Lipinski definition) is 1. The molecule has 3 rings (SSSR count). The quantitative estimate of drug-likeness (QED) is 0.815. The lowest BCUT2D eigenvalue weighted by atomic mass is 10.1. The van der Waals surface area contributed by atoms with E-state index in [1.54, 1.807) is 24.1 Å². The molecular formula is C21H24N2O4. The Morgan fingerprint density at radius 1 is 1.15 bits per heavy atom. The lowest BCUT2D eigenvalue weighted by Gasteiger charge is -2.16. The van der Waals surface area contributed by atoms with Gasteiger partial charge in [0.15, 0.2) is 11.5 Å². The Kier molecular flexibility index (Phi) is 5.96. The van der Waals surface area contributed by atoms with Crippen molar-refractivity contribution in [3.63, 3.8) is 0 Å². The third-order valence-electron chi connectivity index (χ3n) is 4.50. The number of rotatable bonds is 7. The minimum Gasteiger partial charge on any atom is -0.493 e. The van der Waals surface area contributed by atoms with Crippen molar-refractivity contribution in [2.45, 2.75) is 26.3 Å². The second-order valence-electron chi connectivity index (χ2n) is 6.30. The molecule has 142 valence electrons. The maximum absolute atomic E-state index is 12.4. The molecule has 0 radical (unpaired) electrons. The highest BCUT2D eigenvalue weighted by atomic mass is 16.5. The number of nitrogens with one attached hydrogen (secondary N) is 1. The number of nitrogens with zero attached hydrogens (tertiary/aromatic N) is 1. The molecule has 1 saturated heterocycles. The van der Waals surface area contributed by atoms with E-state index in [9.17, 15) is 9.59 Å². The lowest BCUT2D eigenvalue weighted by Crippen LogP contribution is -2.25. The van der Waals surface area contributed by atoms with E-state index in [-0.39, 0.29) is 11.8 Å². The molecule has 0 spiro atoms. The average Bonchev–Trinajstić information content (AvgIpc) is 3.13. The monoisotopic (exact) mass is 368 g/mol. The highest BCUT2D eigenvalue weighted by molar-refractivity contribution is 5.97. The summed E-state index contributed by atoms with van der Waals surface area (Å²) >= 11 is 0. The Morgan fingerprint density at radius 3 is 2.56 bits per heavy atom. The van der Waals surface area contributed by atoms with Crippen molar-refractivity contribution in [2.24, 2.45) is 0 Å². The van der Waals surface area contributed by atoms with E-state index in [0.29, 0.717) is 36.6 Å². The van der Waals surface area contributed by atoms with E-state index in [4.69, 9.17) is 9.47 Å². The molecule has 0 unspecified atom stereocenters. The van der Waals surface area contributed by atoms with Crippen molar-refractivity contribution in [1.82, 2.24) is 5.32 Å². The standard InChI is InChI=1S/C21H24N2O4/c1-3-27-18-11-6-15(13-19(18)26-2)14-22-21(25)16-7-9-17(10-8-16)23-12-4-5-20(23)24/h6-11,13H,3-5,12,14H2,1-2H3,(H,22,25). The van der Waals surface area contributed by atoms with Crippen LogP contribution < -0.4 is 19.7 Å². The zero-order chi connectivity index (χ0) is 19.2. The Bertz CT molecular complexity index is 817. The van der Waals surface area contributed by atoms with Crippen LogP contribution in [0.4, 0.5) is 5.69 Å². The lowest BCUT2D eigenvalue weighted by molar-refractivity contribution is -0.117. The highest BCUT2D eigenvalue weighted by Crippen LogP contribution is 2.28. The minimum atomic E-state index is -0.165. The molecular weight excluding hydrogens is 344 g/mol. The molecule has 0 aromatic heterocycles. The summed E-state index contributed by atoms with van der Waals surface area (Å²) in [6.07, 6.45) is 1.47. The van der Waals surface area contributed by atoms with Crippen LogP contribution in [0, 0.1) is 0 Å². The predicted octanol–water partition coefficient (Wildman–Crippen LogP) is 3.15. The first kappa shape index (κ1) is 18.8. The van der Waals surface area contributed by atoms with Crippen LogP contribution in [0.3, 0.4) is 0 Å². The van der Waals surface area contributed by atoms with E-state index in [1.807, 2.05) is 37.3 Å². The van der Waals surface area contributed by atoms with Crippen LogP contribution in [-0.2, 0) is 11.3 Å². The number of methoxy groups -OCH3 is 1. The molecule has 1 aliphatic heterocycles. The summed E-state index contributed by atoms with van der Waals surface area (Å²) in [5, 5.41) is 2.90. The summed E-state index contributed by atoms with van der Waals surface area (Å²) in [6.45, 7) is 3.60. The average molecular weight is 368 g/mol. The number of benzene rings is 2. The molecule has 2 amide bonds. The second kappa shape index (κ2) is 8.58. The van der Waals surface area contributed by atoms with Gasteiger partial charge in [-0.25, -0.2) is 0 Å². The molecule has 2 aromatic rings. The van der Waals surface area contributed by atoms with Gasteiger partial charge in [-0.2, -0.15) is 0 Å². The Morgan fingerprint density at radius 2 is 1.93 bits per heavy atom. The Balaban J connectivity index is 1.61. The molecule has 6 heteroatoms. The van der Waals surface area contributed by atoms with Crippen LogP contribution in [0.5, 0.6) is 11.5 Å². The summed E-state index contributed by atoms with van der Waals surface area (Å²) in [5.41, 5.74) is 2.32. The fraction of sp³-hybridized carbons (Fsp3) is 0.333. The van der Waals surface area contributed by atoms with E-state index < -0.39 is 0 Å². The maximum atomic E-state index is 12.4. The molecule has 1 N–H and O–H groups in total. The molecule has 0 bridgehead atoms. The van der Waals surface area contributed by atoms with Crippen molar-refractivity contribution < 1.29 is 19.1 Å². The molecule has 1 fully saturated rings. The Labute approximate surface area is 159 Å². The van der Waals surface area contributed by atoms with Gasteiger partial charge in [-0.15, -0.1) is 0 Å². The van der Waals surface area contributed by atoms with Crippen molar-refractivity contribution in [3.05, 3.63) is 53.6 Å². The Hall–Kier alpha value is -3.02. The van der Waals surface area contributed by atoms with Gasteiger partial charge in [-0.05, 0) is 55.3 Å². The summed E-state index contributed by atoms with van der Waals surface area (Å²) in [5.74, 6) is 1.30. The number of carbonyl (C=O) groups is 2. The number of anilines is 1. The number of hydrogen-bond acceptors (Lipinski definition) is 4. The third-order valence-corrected chi connectivity index (χ3v) is 4.50. The van der Waals surface area contributed by atoms with Crippen LogP contribution in [0.2, 0.25) is 0 Å². The van der Waals surface area contributed by atoms with Crippen molar-refractivity contribution in [3.8, 4) is 11.5 Å². The van der Waals surface area contributed by atoms with Gasteiger partial charge in [0.2, 0.25) is 5.91 Å². The van der Waals surface area contributed by atoms with Crippen molar-refractivity contribution in [2.75, 3.05) is 25.2 Å². The van der Waals surface area contributed by atoms with Gasteiger partial charge >= 0.3 is 0 Å². The molecule has 2 aromatic carbocycles. The molecule has 1 heterocycles. The van der Waals surface area contributed by atoms with Crippen LogP contribution >= 0.6 is 0 Å². The SMILES string of the molecule is CCOc1ccc(CNC(=O)c2ccc(N3CCCC3=O)cc2)cc1OC. The zero-order valence-electron chi connectivity index (χ0n) is 15.7. The van der Waals surface area contributed by atoms with Crippen LogP contribution in [-0.4, -0.2) is 32.1 Å². The third kappa shape index (κ3) is 4.39. The zero-order valence-corrected chi connectivity index (χ0v) is 15.7. The number of amides is 2. The van der Waals surface area contributed by atoms with Gasteiger partial charge in [-0.1, -0.05) is 6.07 Å². The van der Waals surface area contributed by atoms with Gasteiger partial charge in [0.25, 0.3) is 5.91 Å². The maximum Gasteiger partial charge on any atom is 0.251 e. The highest BCUT2D eigenvalue weighted by Gasteiger charge is 2.21. The first-order chi connectivity index (χ1) is 13.1. The normalized spacial score (nSPS) is 13.6. The fourth-order valence-corrected chi connectivity index (χ4v) is 3.10. The number of carbonyl (C=O) groups excluding carboxylic acids is 2. The second-order valence-corrected chi connectivity index (χ2v) is 6.30. The largest absolute Gasteiger partial charge is 0.493 e. The van der Waals surface area contributed by atoms with Crippen LogP contribution in [0.25, 0.3) is 0 Å². The molecule has 6 nitrogen and oxygen atoms in total.